The fourth-order valence-electron chi connectivity index (χ4n) is 1.18. The largest absolute Gasteiger partial charge is 0.389 e. The van der Waals surface area contributed by atoms with Gasteiger partial charge in [-0.05, 0) is 25.8 Å². The van der Waals surface area contributed by atoms with Gasteiger partial charge in [-0.3, -0.25) is 0 Å². The Balaban J connectivity index is 3.37. The van der Waals surface area contributed by atoms with E-state index >= 15 is 0 Å². The van der Waals surface area contributed by atoms with Crippen LogP contribution in [0.3, 0.4) is 0 Å². The molecular weight excluding hydrogens is 148 g/mol. The molecule has 12 heavy (non-hydrogen) atoms. The molecule has 0 saturated carbocycles. The van der Waals surface area contributed by atoms with Crippen LogP contribution >= 0.6 is 0 Å². The van der Waals surface area contributed by atoms with Gasteiger partial charge in [-0.2, -0.15) is 0 Å². The predicted molar refractivity (Wildman–Crippen MR) is 54.2 cm³/mol. The molecule has 0 spiro atoms. The van der Waals surface area contributed by atoms with Gasteiger partial charge in [-0.15, -0.1) is 0 Å². The van der Waals surface area contributed by atoms with Crippen molar-refractivity contribution < 1.29 is 5.11 Å². The second-order valence-electron chi connectivity index (χ2n) is 3.40. The van der Waals surface area contributed by atoms with E-state index in [1.165, 1.54) is 19.3 Å². The van der Waals surface area contributed by atoms with Gasteiger partial charge in [0.15, 0.2) is 0 Å². The molecule has 0 amide bonds. The number of aliphatic hydroxyl groups excluding tert-OH is 1. The quantitative estimate of drug-likeness (QED) is 0.479. The van der Waals surface area contributed by atoms with Crippen molar-refractivity contribution in [1.29, 1.82) is 0 Å². The Hall–Kier alpha value is -0.300. The van der Waals surface area contributed by atoms with E-state index in [0.717, 1.165) is 18.4 Å². The summed E-state index contributed by atoms with van der Waals surface area (Å²) in [6, 6.07) is 0. The molecule has 0 aliphatic carbocycles. The molecular formula is C11H22O. The van der Waals surface area contributed by atoms with Crippen LogP contribution < -0.4 is 0 Å². The Labute approximate surface area is 76.5 Å². The summed E-state index contributed by atoms with van der Waals surface area (Å²) >= 11 is 0. The molecule has 0 heterocycles. The van der Waals surface area contributed by atoms with Gasteiger partial charge >= 0.3 is 0 Å². The normalized spacial score (nSPS) is 14.8. The zero-order chi connectivity index (χ0) is 9.40. The van der Waals surface area contributed by atoms with E-state index in [1.54, 1.807) is 0 Å². The van der Waals surface area contributed by atoms with E-state index in [9.17, 15) is 5.11 Å². The molecule has 1 heteroatoms. The van der Waals surface area contributed by atoms with Crippen molar-refractivity contribution in [2.24, 2.45) is 0 Å². The summed E-state index contributed by atoms with van der Waals surface area (Å²) in [5, 5.41) is 9.55. The third-order valence-electron chi connectivity index (χ3n) is 2.31. The smallest absolute Gasteiger partial charge is 0.0747 e. The minimum absolute atomic E-state index is 0.202. The summed E-state index contributed by atoms with van der Waals surface area (Å²) in [4.78, 5) is 0. The lowest BCUT2D eigenvalue weighted by molar-refractivity contribution is 0.196. The fourth-order valence-corrected chi connectivity index (χ4v) is 1.18. The van der Waals surface area contributed by atoms with Crippen LogP contribution in [0.2, 0.25) is 0 Å². The van der Waals surface area contributed by atoms with Gasteiger partial charge in [0.1, 0.15) is 0 Å². The fraction of sp³-hybridized carbons (Fsp3) is 0.818. The van der Waals surface area contributed by atoms with Crippen molar-refractivity contribution in [3.05, 3.63) is 11.6 Å². The molecule has 0 bridgehead atoms. The number of rotatable bonds is 6. The van der Waals surface area contributed by atoms with Crippen molar-refractivity contribution >= 4 is 0 Å². The van der Waals surface area contributed by atoms with Gasteiger partial charge in [0.05, 0.1) is 6.10 Å². The molecule has 0 aliphatic rings. The van der Waals surface area contributed by atoms with Crippen LogP contribution in [0.4, 0.5) is 0 Å². The Morgan fingerprint density at radius 3 is 2.50 bits per heavy atom. The number of hydrogen-bond acceptors (Lipinski definition) is 1. The van der Waals surface area contributed by atoms with Gasteiger partial charge in [0, 0.05) is 0 Å². The predicted octanol–water partition coefficient (Wildman–Crippen LogP) is 3.28. The first-order chi connectivity index (χ1) is 5.72. The highest BCUT2D eigenvalue weighted by Crippen LogP contribution is 2.11. The van der Waals surface area contributed by atoms with Gasteiger partial charge in [-0.25, -0.2) is 0 Å². The zero-order valence-electron chi connectivity index (χ0n) is 8.64. The summed E-state index contributed by atoms with van der Waals surface area (Å²) in [5.74, 6) is 0. The molecule has 0 aromatic carbocycles. The molecule has 0 aromatic heterocycles. The van der Waals surface area contributed by atoms with E-state index in [1.807, 2.05) is 19.9 Å². The third-order valence-corrected chi connectivity index (χ3v) is 2.31. The van der Waals surface area contributed by atoms with Gasteiger partial charge < -0.3 is 5.11 Å². The van der Waals surface area contributed by atoms with Crippen LogP contribution in [0.15, 0.2) is 11.6 Å². The average Bonchev–Trinajstić information content (AvgIpc) is 2.10. The summed E-state index contributed by atoms with van der Waals surface area (Å²) in [7, 11) is 0. The molecule has 0 radical (unpaired) electrons. The van der Waals surface area contributed by atoms with Crippen LogP contribution in [0.25, 0.3) is 0 Å². The van der Waals surface area contributed by atoms with E-state index in [4.69, 9.17) is 0 Å². The lowest BCUT2D eigenvalue weighted by atomic mass is 10.0. The number of allylic oxidation sites excluding steroid dienone is 1. The highest BCUT2D eigenvalue weighted by molar-refractivity contribution is 5.02. The minimum atomic E-state index is -0.202. The van der Waals surface area contributed by atoms with Crippen LogP contribution in [-0.4, -0.2) is 11.2 Å². The first kappa shape index (κ1) is 11.7. The maximum absolute atomic E-state index is 9.55. The lowest BCUT2D eigenvalue weighted by Gasteiger charge is -2.09. The molecule has 0 rings (SSSR count). The third kappa shape index (κ3) is 5.36. The SMILES string of the molecule is C/C=C(\C)[C@@H](O)CCCCCC. The standard InChI is InChI=1S/C11H22O/c1-4-6-7-8-9-11(12)10(3)5-2/h5,11-12H,4,6-9H2,1-3H3/b10-5+/t11-/m0/s1. The number of hydrogen-bond donors (Lipinski definition) is 1. The molecule has 0 aliphatic heterocycles. The summed E-state index contributed by atoms with van der Waals surface area (Å²) in [5.41, 5.74) is 1.10. The first-order valence-electron chi connectivity index (χ1n) is 5.03. The Morgan fingerprint density at radius 2 is 2.00 bits per heavy atom. The summed E-state index contributed by atoms with van der Waals surface area (Å²) in [6.07, 6.45) is 7.68. The van der Waals surface area contributed by atoms with E-state index < -0.39 is 0 Å². The lowest BCUT2D eigenvalue weighted by Crippen LogP contribution is -2.07. The Morgan fingerprint density at radius 1 is 1.33 bits per heavy atom. The van der Waals surface area contributed by atoms with Crippen LogP contribution in [0.5, 0.6) is 0 Å². The summed E-state index contributed by atoms with van der Waals surface area (Å²) < 4.78 is 0. The zero-order valence-corrected chi connectivity index (χ0v) is 8.64. The van der Waals surface area contributed by atoms with Crippen LogP contribution in [0, 0.1) is 0 Å². The number of unbranched alkanes of at least 4 members (excludes halogenated alkanes) is 3. The maximum Gasteiger partial charge on any atom is 0.0747 e. The Kier molecular flexibility index (Phi) is 7.17. The highest BCUT2D eigenvalue weighted by Gasteiger charge is 2.03. The Bertz CT molecular complexity index is 127. The van der Waals surface area contributed by atoms with E-state index in [2.05, 4.69) is 6.92 Å². The molecule has 0 saturated heterocycles. The molecule has 0 fully saturated rings. The summed E-state index contributed by atoms with van der Waals surface area (Å²) in [6.45, 7) is 6.17. The first-order valence-corrected chi connectivity index (χ1v) is 5.03. The van der Waals surface area contributed by atoms with Gasteiger partial charge in [0.2, 0.25) is 0 Å². The van der Waals surface area contributed by atoms with Crippen molar-refractivity contribution in [3.8, 4) is 0 Å². The molecule has 0 aromatic rings. The van der Waals surface area contributed by atoms with Gasteiger partial charge in [-0.1, -0.05) is 38.7 Å². The topological polar surface area (TPSA) is 20.2 Å². The van der Waals surface area contributed by atoms with Crippen LogP contribution in [0.1, 0.15) is 52.9 Å². The van der Waals surface area contributed by atoms with Crippen molar-refractivity contribution in [2.75, 3.05) is 0 Å². The van der Waals surface area contributed by atoms with Crippen molar-refractivity contribution in [1.82, 2.24) is 0 Å². The molecule has 0 unspecified atom stereocenters. The number of aliphatic hydroxyl groups is 1. The molecule has 1 nitrogen and oxygen atoms in total. The average molecular weight is 170 g/mol. The van der Waals surface area contributed by atoms with Crippen LogP contribution in [-0.2, 0) is 0 Å². The monoisotopic (exact) mass is 170 g/mol. The van der Waals surface area contributed by atoms with Gasteiger partial charge in [0.25, 0.3) is 0 Å². The highest BCUT2D eigenvalue weighted by atomic mass is 16.3. The van der Waals surface area contributed by atoms with Crippen molar-refractivity contribution in [3.63, 3.8) is 0 Å². The maximum atomic E-state index is 9.55. The van der Waals surface area contributed by atoms with Crippen molar-refractivity contribution in [2.45, 2.75) is 59.0 Å². The molecule has 1 N–H and O–H groups in total. The molecule has 72 valence electrons. The second kappa shape index (κ2) is 7.35. The molecule has 1 atom stereocenters. The van der Waals surface area contributed by atoms with E-state index in [-0.39, 0.29) is 6.10 Å². The minimum Gasteiger partial charge on any atom is -0.389 e. The van der Waals surface area contributed by atoms with E-state index in [0.29, 0.717) is 0 Å². The second-order valence-corrected chi connectivity index (χ2v) is 3.40.